The molecule has 162 valence electrons. The number of carboxylic acids is 2. The van der Waals surface area contributed by atoms with Crippen LogP contribution in [0.4, 0.5) is 0 Å². The Labute approximate surface area is 183 Å². The van der Waals surface area contributed by atoms with Gasteiger partial charge in [-0.05, 0) is 24.3 Å². The quantitative estimate of drug-likeness (QED) is 0.560. The van der Waals surface area contributed by atoms with Crippen LogP contribution in [0.2, 0.25) is 0 Å². The molecular weight excluding hydrogens is 456 g/mol. The molecule has 0 spiro atoms. The number of phenolic OH excluding ortho intramolecular Hbond substituents is 1. The maximum Gasteiger partial charge on any atom is 0.414 e. The van der Waals surface area contributed by atoms with Crippen molar-refractivity contribution in [1.29, 1.82) is 0 Å². The molecule has 0 atom stereocenters. The van der Waals surface area contributed by atoms with E-state index in [0.29, 0.717) is 5.75 Å². The number of halogens is 1. The number of rotatable bonds is 5. The van der Waals surface area contributed by atoms with Gasteiger partial charge in [0.05, 0.1) is 7.11 Å². The highest BCUT2D eigenvalue weighted by molar-refractivity contribution is 9.10. The number of hydrogen-bond donors (Lipinski definition) is 3. The highest BCUT2D eigenvalue weighted by atomic mass is 79.9. The molecule has 8 nitrogen and oxygen atoms in total. The van der Waals surface area contributed by atoms with Crippen molar-refractivity contribution >= 4 is 27.9 Å². The standard InChI is InChI=1S/C19H23BrN2O2.C2H2O4/c1-24-19-5-3-2-4-15(19)13-21-8-10-22(11-9-21)14-16-12-17(20)6-7-18(16)23;3-1(4)2(5)6/h2-7,12,23H,8-11,13-14H2,1H3;(H,3,4)(H,5,6). The number of aliphatic carboxylic acids is 2. The Hall–Kier alpha value is -2.62. The van der Waals surface area contributed by atoms with Crippen LogP contribution in [-0.4, -0.2) is 70.3 Å². The molecule has 1 saturated heterocycles. The molecule has 1 fully saturated rings. The summed E-state index contributed by atoms with van der Waals surface area (Å²) in [4.78, 5) is 23.0. The van der Waals surface area contributed by atoms with Crippen molar-refractivity contribution in [1.82, 2.24) is 9.80 Å². The maximum atomic E-state index is 10.00. The van der Waals surface area contributed by atoms with E-state index in [0.717, 1.165) is 55.1 Å². The van der Waals surface area contributed by atoms with Gasteiger partial charge in [-0.1, -0.05) is 34.1 Å². The summed E-state index contributed by atoms with van der Waals surface area (Å²) in [5.41, 5.74) is 2.21. The molecule has 0 radical (unpaired) electrons. The van der Waals surface area contributed by atoms with Crippen LogP contribution in [0.25, 0.3) is 0 Å². The zero-order chi connectivity index (χ0) is 22.1. The fourth-order valence-corrected chi connectivity index (χ4v) is 3.51. The summed E-state index contributed by atoms with van der Waals surface area (Å²) in [6.07, 6.45) is 0. The average molecular weight is 481 g/mol. The van der Waals surface area contributed by atoms with E-state index < -0.39 is 11.9 Å². The van der Waals surface area contributed by atoms with Crippen LogP contribution in [0.1, 0.15) is 11.1 Å². The van der Waals surface area contributed by atoms with Gasteiger partial charge in [-0.15, -0.1) is 0 Å². The number of ether oxygens (including phenoxy) is 1. The SMILES string of the molecule is COc1ccccc1CN1CCN(Cc2cc(Br)ccc2O)CC1.O=C(O)C(=O)O. The van der Waals surface area contributed by atoms with Gasteiger partial charge in [0.1, 0.15) is 11.5 Å². The van der Waals surface area contributed by atoms with Crippen LogP contribution in [0.5, 0.6) is 11.5 Å². The van der Waals surface area contributed by atoms with Gasteiger partial charge in [0.2, 0.25) is 0 Å². The first-order valence-corrected chi connectivity index (χ1v) is 10.1. The molecule has 3 N–H and O–H groups in total. The van der Waals surface area contributed by atoms with Gasteiger partial charge in [0.25, 0.3) is 0 Å². The molecule has 1 heterocycles. The molecule has 0 amide bonds. The molecule has 1 aliphatic heterocycles. The summed E-state index contributed by atoms with van der Waals surface area (Å²) in [5.74, 6) is -2.32. The first-order chi connectivity index (χ1) is 14.3. The predicted octanol–water partition coefficient (Wildman–Crippen LogP) is 2.64. The predicted molar refractivity (Wildman–Crippen MR) is 115 cm³/mol. The third-order valence-electron chi connectivity index (χ3n) is 4.67. The van der Waals surface area contributed by atoms with Gasteiger partial charge in [-0.25, -0.2) is 9.59 Å². The molecule has 2 aromatic rings. The molecule has 0 aliphatic carbocycles. The lowest BCUT2D eigenvalue weighted by atomic mass is 10.1. The maximum absolute atomic E-state index is 10.00. The largest absolute Gasteiger partial charge is 0.508 e. The molecular formula is C21H25BrN2O6. The van der Waals surface area contributed by atoms with Crippen molar-refractivity contribution < 1.29 is 29.6 Å². The van der Waals surface area contributed by atoms with Gasteiger partial charge in [-0.2, -0.15) is 0 Å². The number of carbonyl (C=O) groups is 2. The molecule has 30 heavy (non-hydrogen) atoms. The minimum atomic E-state index is -1.82. The molecule has 0 unspecified atom stereocenters. The summed E-state index contributed by atoms with van der Waals surface area (Å²) in [6, 6.07) is 13.8. The second kappa shape index (κ2) is 11.5. The van der Waals surface area contributed by atoms with E-state index in [-0.39, 0.29) is 0 Å². The summed E-state index contributed by atoms with van der Waals surface area (Å²) in [5, 5.41) is 24.8. The first kappa shape index (κ1) is 23.7. The first-order valence-electron chi connectivity index (χ1n) is 9.30. The highest BCUT2D eigenvalue weighted by Crippen LogP contribution is 2.24. The van der Waals surface area contributed by atoms with Crippen LogP contribution in [0.3, 0.4) is 0 Å². The molecule has 2 aromatic carbocycles. The van der Waals surface area contributed by atoms with Crippen LogP contribution < -0.4 is 4.74 Å². The number of hydrogen-bond acceptors (Lipinski definition) is 6. The van der Waals surface area contributed by atoms with Gasteiger partial charge in [0, 0.05) is 54.9 Å². The van der Waals surface area contributed by atoms with Gasteiger partial charge < -0.3 is 20.1 Å². The van der Waals surface area contributed by atoms with Crippen molar-refractivity contribution in [2.24, 2.45) is 0 Å². The number of carboxylic acid groups (broad SMARTS) is 2. The number of aromatic hydroxyl groups is 1. The van der Waals surface area contributed by atoms with Crippen molar-refractivity contribution in [2.45, 2.75) is 13.1 Å². The Morgan fingerprint density at radius 2 is 1.47 bits per heavy atom. The van der Waals surface area contributed by atoms with E-state index in [1.165, 1.54) is 5.56 Å². The monoisotopic (exact) mass is 480 g/mol. The third kappa shape index (κ3) is 7.33. The number of para-hydroxylation sites is 1. The Balaban J connectivity index is 0.000000469. The van der Waals surface area contributed by atoms with Gasteiger partial charge in [0.15, 0.2) is 0 Å². The fraction of sp³-hybridized carbons (Fsp3) is 0.333. The summed E-state index contributed by atoms with van der Waals surface area (Å²) in [6.45, 7) is 5.75. The van der Waals surface area contributed by atoms with Crippen LogP contribution in [0.15, 0.2) is 46.9 Å². The second-order valence-corrected chi connectivity index (χ2v) is 7.66. The van der Waals surface area contributed by atoms with Crippen LogP contribution in [-0.2, 0) is 22.7 Å². The zero-order valence-corrected chi connectivity index (χ0v) is 18.2. The Morgan fingerprint density at radius 3 is 2.00 bits per heavy atom. The topological polar surface area (TPSA) is 111 Å². The van der Waals surface area contributed by atoms with Gasteiger partial charge in [-0.3, -0.25) is 9.80 Å². The van der Waals surface area contributed by atoms with E-state index in [4.69, 9.17) is 24.5 Å². The number of phenols is 1. The highest BCUT2D eigenvalue weighted by Gasteiger charge is 2.19. The van der Waals surface area contributed by atoms with E-state index in [9.17, 15) is 5.11 Å². The van der Waals surface area contributed by atoms with Crippen molar-refractivity contribution in [2.75, 3.05) is 33.3 Å². The number of benzene rings is 2. The number of methoxy groups -OCH3 is 1. The minimum absolute atomic E-state index is 0.370. The fourth-order valence-electron chi connectivity index (χ4n) is 3.10. The Kier molecular flexibility index (Phi) is 9.10. The summed E-state index contributed by atoms with van der Waals surface area (Å²) in [7, 11) is 1.72. The minimum Gasteiger partial charge on any atom is -0.508 e. The van der Waals surface area contributed by atoms with Crippen molar-refractivity contribution in [3.63, 3.8) is 0 Å². The summed E-state index contributed by atoms with van der Waals surface area (Å²) < 4.78 is 6.45. The Bertz CT molecular complexity index is 856. The van der Waals surface area contributed by atoms with Gasteiger partial charge >= 0.3 is 11.9 Å². The average Bonchev–Trinajstić information content (AvgIpc) is 2.73. The molecule has 1 aliphatic rings. The lowest BCUT2D eigenvalue weighted by Gasteiger charge is -2.35. The van der Waals surface area contributed by atoms with Crippen molar-refractivity contribution in [3.05, 3.63) is 58.1 Å². The molecule has 0 bridgehead atoms. The Morgan fingerprint density at radius 1 is 0.933 bits per heavy atom. The number of nitrogens with zero attached hydrogens (tertiary/aromatic N) is 2. The number of piperazine rings is 1. The van der Waals surface area contributed by atoms with E-state index in [1.807, 2.05) is 24.3 Å². The van der Waals surface area contributed by atoms with Crippen LogP contribution in [0, 0.1) is 0 Å². The smallest absolute Gasteiger partial charge is 0.414 e. The molecule has 3 rings (SSSR count). The van der Waals surface area contributed by atoms with Crippen molar-refractivity contribution in [3.8, 4) is 11.5 Å². The molecule has 0 saturated carbocycles. The van der Waals surface area contributed by atoms with E-state index in [1.54, 1.807) is 13.2 Å². The third-order valence-corrected chi connectivity index (χ3v) is 5.16. The molecule has 9 heteroatoms. The summed E-state index contributed by atoms with van der Waals surface area (Å²) >= 11 is 3.47. The molecule has 0 aromatic heterocycles. The van der Waals surface area contributed by atoms with Crippen LogP contribution >= 0.6 is 15.9 Å². The van der Waals surface area contributed by atoms with E-state index in [2.05, 4.69) is 37.9 Å². The second-order valence-electron chi connectivity index (χ2n) is 6.75. The normalized spacial score (nSPS) is 14.5. The van der Waals surface area contributed by atoms with E-state index >= 15 is 0 Å². The zero-order valence-electron chi connectivity index (χ0n) is 16.6. The lowest BCUT2D eigenvalue weighted by molar-refractivity contribution is -0.159. The lowest BCUT2D eigenvalue weighted by Crippen LogP contribution is -2.45.